The minimum atomic E-state index is 0.430. The molecule has 1 saturated heterocycles. The van der Waals surface area contributed by atoms with E-state index >= 15 is 0 Å². The highest BCUT2D eigenvalue weighted by molar-refractivity contribution is 5.79. The fourth-order valence-electron chi connectivity index (χ4n) is 2.16. The van der Waals surface area contributed by atoms with E-state index in [1.54, 1.807) is 0 Å². The molecule has 4 nitrogen and oxygen atoms in total. The van der Waals surface area contributed by atoms with Gasteiger partial charge in [-0.15, -0.1) is 0 Å². The fraction of sp³-hybridized carbons (Fsp3) is 0.923. The molecule has 100 valence electrons. The Labute approximate surface area is 106 Å². The Morgan fingerprint density at radius 2 is 1.82 bits per heavy atom. The van der Waals surface area contributed by atoms with Crippen molar-refractivity contribution in [3.8, 4) is 0 Å². The minimum Gasteiger partial charge on any atom is -0.355 e. The lowest BCUT2D eigenvalue weighted by atomic mass is 10.2. The molecule has 0 radical (unpaired) electrons. The van der Waals surface area contributed by atoms with E-state index in [-0.39, 0.29) is 0 Å². The third kappa shape index (κ3) is 6.51. The largest absolute Gasteiger partial charge is 0.355 e. The van der Waals surface area contributed by atoms with Gasteiger partial charge in [0.15, 0.2) is 5.96 Å². The maximum atomic E-state index is 4.21. The second-order valence-corrected chi connectivity index (χ2v) is 5.05. The van der Waals surface area contributed by atoms with Crippen LogP contribution in [-0.4, -0.2) is 50.1 Å². The third-order valence-corrected chi connectivity index (χ3v) is 3.07. The molecule has 0 unspecified atom stereocenters. The topological polar surface area (TPSA) is 39.7 Å². The van der Waals surface area contributed by atoms with E-state index in [1.807, 2.05) is 7.05 Å². The van der Waals surface area contributed by atoms with Crippen LogP contribution < -0.4 is 10.6 Å². The molecule has 0 aromatic heterocycles. The van der Waals surface area contributed by atoms with Crippen LogP contribution in [-0.2, 0) is 0 Å². The Balaban J connectivity index is 2.16. The van der Waals surface area contributed by atoms with Crippen LogP contribution in [0.5, 0.6) is 0 Å². The molecule has 0 aromatic rings. The lowest BCUT2D eigenvalue weighted by Gasteiger charge is -2.21. The first kappa shape index (κ1) is 14.3. The molecule has 0 bridgehead atoms. The van der Waals surface area contributed by atoms with Gasteiger partial charge in [0.1, 0.15) is 0 Å². The summed E-state index contributed by atoms with van der Waals surface area (Å²) < 4.78 is 0. The highest BCUT2D eigenvalue weighted by Gasteiger charge is 2.08. The van der Waals surface area contributed by atoms with Crippen molar-refractivity contribution in [2.75, 3.05) is 33.2 Å². The first-order valence-corrected chi connectivity index (χ1v) is 6.92. The Morgan fingerprint density at radius 1 is 1.18 bits per heavy atom. The Hall–Kier alpha value is -0.770. The lowest BCUT2D eigenvalue weighted by molar-refractivity contribution is 0.289. The predicted molar refractivity (Wildman–Crippen MR) is 74.5 cm³/mol. The maximum absolute atomic E-state index is 4.21. The summed E-state index contributed by atoms with van der Waals surface area (Å²) in [4.78, 5) is 6.76. The predicted octanol–water partition coefficient (Wildman–Crippen LogP) is 1.44. The zero-order chi connectivity index (χ0) is 12.5. The lowest BCUT2D eigenvalue weighted by Crippen LogP contribution is -2.44. The van der Waals surface area contributed by atoms with Crippen molar-refractivity contribution < 1.29 is 0 Å². The summed E-state index contributed by atoms with van der Waals surface area (Å²) in [5.74, 6) is 0.912. The zero-order valence-corrected chi connectivity index (χ0v) is 11.6. The number of hydrogen-bond donors (Lipinski definition) is 2. The Bertz CT molecular complexity index is 217. The van der Waals surface area contributed by atoms with E-state index in [2.05, 4.69) is 34.4 Å². The van der Waals surface area contributed by atoms with Crippen molar-refractivity contribution in [2.24, 2.45) is 4.99 Å². The van der Waals surface area contributed by atoms with E-state index in [9.17, 15) is 0 Å². The van der Waals surface area contributed by atoms with Gasteiger partial charge in [-0.1, -0.05) is 12.8 Å². The van der Waals surface area contributed by atoms with E-state index in [0.717, 1.165) is 19.0 Å². The molecule has 4 heteroatoms. The zero-order valence-electron chi connectivity index (χ0n) is 11.6. The van der Waals surface area contributed by atoms with E-state index in [1.165, 1.54) is 38.8 Å². The summed E-state index contributed by atoms with van der Waals surface area (Å²) in [6, 6.07) is 0.430. The number of rotatable bonds is 4. The van der Waals surface area contributed by atoms with Gasteiger partial charge >= 0.3 is 0 Å². The fourth-order valence-corrected chi connectivity index (χ4v) is 2.16. The molecule has 1 aliphatic heterocycles. The average Bonchev–Trinajstić information content (AvgIpc) is 2.55. The number of aliphatic imine (C=N–C) groups is 1. The summed E-state index contributed by atoms with van der Waals surface area (Å²) in [6.45, 7) is 8.88. The standard InChI is InChI=1S/C13H28N4/c1-12(2)16-13(14-3)15-8-11-17-9-6-4-5-7-10-17/h12H,4-11H2,1-3H3,(H2,14,15,16). The number of nitrogens with zero attached hydrogens (tertiary/aromatic N) is 2. The molecule has 1 heterocycles. The molecule has 0 spiro atoms. The monoisotopic (exact) mass is 240 g/mol. The molecule has 0 aliphatic carbocycles. The molecular formula is C13H28N4. The molecule has 0 atom stereocenters. The van der Waals surface area contributed by atoms with Crippen molar-refractivity contribution in [3.05, 3.63) is 0 Å². The molecule has 0 aromatic carbocycles. The first-order chi connectivity index (χ1) is 8.22. The van der Waals surface area contributed by atoms with Gasteiger partial charge in [-0.3, -0.25) is 4.99 Å². The van der Waals surface area contributed by atoms with E-state index in [0.29, 0.717) is 6.04 Å². The van der Waals surface area contributed by atoms with Crippen LogP contribution in [0.15, 0.2) is 4.99 Å². The van der Waals surface area contributed by atoms with Gasteiger partial charge < -0.3 is 15.5 Å². The van der Waals surface area contributed by atoms with Crippen LogP contribution >= 0.6 is 0 Å². The summed E-state index contributed by atoms with van der Waals surface area (Å²) in [7, 11) is 1.82. The third-order valence-electron chi connectivity index (χ3n) is 3.07. The Morgan fingerprint density at radius 3 is 2.35 bits per heavy atom. The van der Waals surface area contributed by atoms with Crippen LogP contribution in [0.4, 0.5) is 0 Å². The molecule has 0 amide bonds. The molecule has 1 rings (SSSR count). The van der Waals surface area contributed by atoms with E-state index in [4.69, 9.17) is 0 Å². The van der Waals surface area contributed by atoms with Crippen molar-refractivity contribution in [2.45, 2.75) is 45.6 Å². The number of likely N-dealkylation sites (tertiary alicyclic amines) is 1. The molecule has 1 fully saturated rings. The van der Waals surface area contributed by atoms with Crippen molar-refractivity contribution >= 4 is 5.96 Å². The molecular weight excluding hydrogens is 212 g/mol. The highest BCUT2D eigenvalue weighted by Crippen LogP contribution is 2.08. The van der Waals surface area contributed by atoms with Crippen molar-refractivity contribution in [1.29, 1.82) is 0 Å². The maximum Gasteiger partial charge on any atom is 0.191 e. The number of guanidine groups is 1. The van der Waals surface area contributed by atoms with Crippen LogP contribution in [0.2, 0.25) is 0 Å². The summed E-state index contributed by atoms with van der Waals surface area (Å²) >= 11 is 0. The van der Waals surface area contributed by atoms with Gasteiger partial charge in [-0.25, -0.2) is 0 Å². The van der Waals surface area contributed by atoms with Gasteiger partial charge in [0, 0.05) is 26.2 Å². The van der Waals surface area contributed by atoms with Crippen LogP contribution in [0.25, 0.3) is 0 Å². The van der Waals surface area contributed by atoms with Crippen molar-refractivity contribution in [1.82, 2.24) is 15.5 Å². The first-order valence-electron chi connectivity index (χ1n) is 6.92. The van der Waals surface area contributed by atoms with E-state index < -0.39 is 0 Å². The Kier molecular flexibility index (Phi) is 7.01. The summed E-state index contributed by atoms with van der Waals surface area (Å²) in [6.07, 6.45) is 5.53. The number of hydrogen-bond acceptors (Lipinski definition) is 2. The van der Waals surface area contributed by atoms with Crippen LogP contribution in [0.1, 0.15) is 39.5 Å². The second kappa shape index (κ2) is 8.34. The second-order valence-electron chi connectivity index (χ2n) is 5.05. The molecule has 1 aliphatic rings. The number of nitrogens with one attached hydrogen (secondary N) is 2. The molecule has 17 heavy (non-hydrogen) atoms. The van der Waals surface area contributed by atoms with Crippen LogP contribution in [0, 0.1) is 0 Å². The highest BCUT2D eigenvalue weighted by atomic mass is 15.2. The average molecular weight is 240 g/mol. The van der Waals surface area contributed by atoms with Gasteiger partial charge in [0.05, 0.1) is 0 Å². The van der Waals surface area contributed by atoms with Gasteiger partial charge in [0.2, 0.25) is 0 Å². The molecule has 2 N–H and O–H groups in total. The smallest absolute Gasteiger partial charge is 0.191 e. The summed E-state index contributed by atoms with van der Waals surface area (Å²) in [5.41, 5.74) is 0. The van der Waals surface area contributed by atoms with Gasteiger partial charge in [-0.2, -0.15) is 0 Å². The van der Waals surface area contributed by atoms with Crippen molar-refractivity contribution in [3.63, 3.8) is 0 Å². The molecule has 0 saturated carbocycles. The SMILES string of the molecule is CN=C(NCCN1CCCCCC1)NC(C)C. The quantitative estimate of drug-likeness (QED) is 0.577. The summed E-state index contributed by atoms with van der Waals surface area (Å²) in [5, 5.41) is 6.67. The van der Waals surface area contributed by atoms with Gasteiger partial charge in [-0.05, 0) is 39.8 Å². The van der Waals surface area contributed by atoms with Crippen LogP contribution in [0.3, 0.4) is 0 Å². The van der Waals surface area contributed by atoms with Gasteiger partial charge in [0.25, 0.3) is 0 Å². The minimum absolute atomic E-state index is 0.430. The normalized spacial score (nSPS) is 19.2.